The first-order chi connectivity index (χ1) is 15.2. The largest absolute Gasteiger partial charge is 0.464 e. The molecular formula is C24H28N2O6. The minimum absolute atomic E-state index is 0.0689. The van der Waals surface area contributed by atoms with Crippen molar-refractivity contribution in [3.05, 3.63) is 29.0 Å². The number of nitrogens with one attached hydrogen (secondary N) is 1. The molecule has 1 N–H and O–H groups in total. The zero-order valence-electron chi connectivity index (χ0n) is 18.9. The Hall–Kier alpha value is -3.16. The maximum atomic E-state index is 13.5. The Morgan fingerprint density at radius 1 is 1.06 bits per heavy atom. The topological polar surface area (TPSA) is 106 Å². The van der Waals surface area contributed by atoms with Crippen LogP contribution in [0, 0.1) is 0 Å². The fourth-order valence-electron chi connectivity index (χ4n) is 4.73. The van der Waals surface area contributed by atoms with Crippen molar-refractivity contribution < 1.29 is 28.7 Å². The van der Waals surface area contributed by atoms with Gasteiger partial charge in [-0.2, -0.15) is 0 Å². The first kappa shape index (κ1) is 22.0. The Balaban J connectivity index is 1.92. The molecule has 1 aromatic heterocycles. The van der Waals surface area contributed by atoms with E-state index in [1.807, 2.05) is 12.1 Å². The minimum Gasteiger partial charge on any atom is -0.464 e. The van der Waals surface area contributed by atoms with Crippen molar-refractivity contribution in [1.29, 1.82) is 0 Å². The molecule has 0 saturated carbocycles. The molecule has 0 radical (unpaired) electrons. The highest BCUT2D eigenvalue weighted by molar-refractivity contribution is 6.18. The lowest BCUT2D eigenvalue weighted by Crippen LogP contribution is -2.52. The van der Waals surface area contributed by atoms with Crippen LogP contribution in [0.4, 0.5) is 5.69 Å². The Morgan fingerprint density at radius 2 is 1.69 bits per heavy atom. The molecule has 1 amide bonds. The van der Waals surface area contributed by atoms with E-state index in [2.05, 4.69) is 4.98 Å². The van der Waals surface area contributed by atoms with Gasteiger partial charge >= 0.3 is 11.9 Å². The van der Waals surface area contributed by atoms with Crippen LogP contribution in [0.2, 0.25) is 0 Å². The lowest BCUT2D eigenvalue weighted by Gasteiger charge is -2.26. The molecule has 0 saturated heterocycles. The normalized spacial score (nSPS) is 17.3. The number of aromatic amines is 1. The zero-order valence-corrected chi connectivity index (χ0v) is 18.9. The number of H-pyrrole nitrogens is 1. The Morgan fingerprint density at radius 3 is 2.31 bits per heavy atom. The number of ether oxygens (including phenoxy) is 2. The number of fused-ring (bicyclic) bond motifs is 4. The summed E-state index contributed by atoms with van der Waals surface area (Å²) in [6, 6.07) is 2.15. The van der Waals surface area contributed by atoms with E-state index in [1.54, 1.807) is 27.7 Å². The molecule has 1 aliphatic carbocycles. The summed E-state index contributed by atoms with van der Waals surface area (Å²) >= 11 is 0. The smallest absolute Gasteiger partial charge is 0.341 e. The molecule has 8 nitrogen and oxygen atoms in total. The van der Waals surface area contributed by atoms with Crippen LogP contribution in [0.1, 0.15) is 68.6 Å². The summed E-state index contributed by atoms with van der Waals surface area (Å²) in [5.74, 6) is -1.96. The van der Waals surface area contributed by atoms with Gasteiger partial charge in [0, 0.05) is 17.3 Å². The highest BCUT2D eigenvalue weighted by Crippen LogP contribution is 2.46. The van der Waals surface area contributed by atoms with Crippen molar-refractivity contribution >= 4 is 40.2 Å². The van der Waals surface area contributed by atoms with E-state index in [1.165, 1.54) is 4.90 Å². The SMILES string of the molecule is CCOC(=O)C(C(=O)OCC)N1C(=O)C(C)(C)c2cc3[nH]c4c(c3cc21)CCCCC4=O. The molecule has 0 atom stereocenters. The minimum atomic E-state index is -1.53. The van der Waals surface area contributed by atoms with Crippen LogP contribution in [0.25, 0.3) is 10.9 Å². The molecule has 170 valence electrons. The standard InChI is InChI=1S/C24H28N2O6/c1-5-31-21(28)20(22(29)32-6-2)26-17-11-14-13-9-7-8-10-18(27)19(13)25-16(14)12-15(17)24(3,4)23(26)30/h11-12,20,25H,5-10H2,1-4H3. The van der Waals surface area contributed by atoms with Crippen molar-refractivity contribution in [3.8, 4) is 0 Å². The van der Waals surface area contributed by atoms with Gasteiger partial charge in [-0.25, -0.2) is 9.59 Å². The number of hydrogen-bond acceptors (Lipinski definition) is 6. The number of anilines is 1. The molecule has 0 fully saturated rings. The number of ketones is 1. The van der Waals surface area contributed by atoms with Crippen LogP contribution in [0.3, 0.4) is 0 Å². The molecule has 2 heterocycles. The third-order valence-corrected chi connectivity index (χ3v) is 6.35. The summed E-state index contributed by atoms with van der Waals surface area (Å²) < 4.78 is 10.2. The van der Waals surface area contributed by atoms with Crippen LogP contribution in [0.5, 0.6) is 0 Å². The number of benzene rings is 1. The van der Waals surface area contributed by atoms with Crippen molar-refractivity contribution in [3.63, 3.8) is 0 Å². The molecule has 1 aliphatic heterocycles. The second-order valence-corrected chi connectivity index (χ2v) is 8.73. The van der Waals surface area contributed by atoms with E-state index in [9.17, 15) is 19.2 Å². The predicted octanol–water partition coefficient (Wildman–Crippen LogP) is 3.20. The summed E-state index contributed by atoms with van der Waals surface area (Å²) in [6.45, 7) is 6.93. The number of aryl methyl sites for hydroxylation is 1. The number of hydrogen-bond donors (Lipinski definition) is 1. The molecule has 2 aliphatic rings. The molecule has 0 spiro atoms. The van der Waals surface area contributed by atoms with E-state index < -0.39 is 23.4 Å². The van der Waals surface area contributed by atoms with Crippen LogP contribution in [-0.4, -0.2) is 47.9 Å². The van der Waals surface area contributed by atoms with Gasteiger partial charge in [-0.15, -0.1) is 0 Å². The number of carbonyl (C=O) groups is 4. The second kappa shape index (κ2) is 8.07. The van der Waals surface area contributed by atoms with E-state index in [4.69, 9.17) is 9.47 Å². The highest BCUT2D eigenvalue weighted by Gasteiger charge is 2.51. The third kappa shape index (κ3) is 3.29. The van der Waals surface area contributed by atoms with Gasteiger partial charge in [0.15, 0.2) is 5.78 Å². The zero-order chi connectivity index (χ0) is 23.2. The average Bonchev–Trinajstić information content (AvgIpc) is 3.10. The monoisotopic (exact) mass is 440 g/mol. The van der Waals surface area contributed by atoms with Crippen molar-refractivity contribution in [2.75, 3.05) is 18.1 Å². The summed E-state index contributed by atoms with van der Waals surface area (Å²) in [7, 11) is 0. The Labute approximate surface area is 186 Å². The molecule has 0 unspecified atom stereocenters. The maximum absolute atomic E-state index is 13.5. The number of Topliss-reactive ketones (excluding diaryl/α,β-unsaturated/α-hetero) is 1. The second-order valence-electron chi connectivity index (χ2n) is 8.73. The number of amides is 1. The van der Waals surface area contributed by atoms with Crippen LogP contribution < -0.4 is 4.90 Å². The van der Waals surface area contributed by atoms with Crippen molar-refractivity contribution in [2.24, 2.45) is 0 Å². The fraction of sp³-hybridized carbons (Fsp3) is 0.500. The van der Waals surface area contributed by atoms with E-state index in [0.29, 0.717) is 23.4 Å². The average molecular weight is 440 g/mol. The molecule has 4 rings (SSSR count). The van der Waals surface area contributed by atoms with Gasteiger partial charge in [0.25, 0.3) is 0 Å². The fourth-order valence-corrected chi connectivity index (χ4v) is 4.73. The van der Waals surface area contributed by atoms with Gasteiger partial charge in [0.1, 0.15) is 0 Å². The Kier molecular flexibility index (Phi) is 5.56. The van der Waals surface area contributed by atoms with Crippen LogP contribution in [-0.2, 0) is 35.7 Å². The summed E-state index contributed by atoms with van der Waals surface area (Å²) in [5.41, 5.74) is 2.48. The van der Waals surface area contributed by atoms with E-state index in [-0.39, 0.29) is 24.9 Å². The van der Waals surface area contributed by atoms with Gasteiger partial charge in [0.2, 0.25) is 11.9 Å². The van der Waals surface area contributed by atoms with Gasteiger partial charge in [-0.05, 0) is 70.2 Å². The van der Waals surface area contributed by atoms with E-state index >= 15 is 0 Å². The van der Waals surface area contributed by atoms with Crippen molar-refractivity contribution in [2.45, 2.75) is 64.8 Å². The van der Waals surface area contributed by atoms with Gasteiger partial charge in [-0.1, -0.05) is 0 Å². The molecule has 32 heavy (non-hydrogen) atoms. The number of esters is 2. The van der Waals surface area contributed by atoms with Crippen LogP contribution >= 0.6 is 0 Å². The number of nitrogens with zero attached hydrogens (tertiary/aromatic N) is 1. The van der Waals surface area contributed by atoms with E-state index in [0.717, 1.165) is 35.7 Å². The van der Waals surface area contributed by atoms with Gasteiger partial charge in [-0.3, -0.25) is 14.5 Å². The van der Waals surface area contributed by atoms with Gasteiger partial charge < -0.3 is 14.5 Å². The molecule has 2 aromatic rings. The van der Waals surface area contributed by atoms with Crippen LogP contribution in [0.15, 0.2) is 12.1 Å². The lowest BCUT2D eigenvalue weighted by molar-refractivity contribution is -0.157. The predicted molar refractivity (Wildman–Crippen MR) is 118 cm³/mol. The number of rotatable bonds is 5. The van der Waals surface area contributed by atoms with Gasteiger partial charge in [0.05, 0.1) is 30.0 Å². The highest BCUT2D eigenvalue weighted by atomic mass is 16.6. The molecular weight excluding hydrogens is 412 g/mol. The quantitative estimate of drug-likeness (QED) is 0.435. The first-order valence-electron chi connectivity index (χ1n) is 11.1. The lowest BCUT2D eigenvalue weighted by atomic mass is 9.85. The number of carbonyl (C=O) groups excluding carboxylic acids is 4. The molecule has 0 bridgehead atoms. The van der Waals surface area contributed by atoms with Crippen molar-refractivity contribution in [1.82, 2.24) is 4.98 Å². The summed E-state index contributed by atoms with van der Waals surface area (Å²) in [5, 5.41) is 0.830. The molecule has 8 heteroatoms. The summed E-state index contributed by atoms with van der Waals surface area (Å²) in [6.07, 6.45) is 2.98. The first-order valence-corrected chi connectivity index (χ1v) is 11.1. The Bertz CT molecular complexity index is 1110. The molecule has 1 aromatic carbocycles. The number of aromatic nitrogens is 1. The third-order valence-electron chi connectivity index (χ3n) is 6.35. The maximum Gasteiger partial charge on any atom is 0.341 e. The summed E-state index contributed by atoms with van der Waals surface area (Å²) in [4.78, 5) is 56.1.